The number of aromatic nitrogens is 2. The Morgan fingerprint density at radius 1 is 1.21 bits per heavy atom. The van der Waals surface area contributed by atoms with Gasteiger partial charge in [-0.2, -0.15) is 11.3 Å². The van der Waals surface area contributed by atoms with E-state index in [0.717, 1.165) is 37.4 Å². The van der Waals surface area contributed by atoms with Crippen LogP contribution in [0.3, 0.4) is 0 Å². The SMILES string of the molecule is CN(Cc1ccon1)Cc1ccc2n(c1=O)C[C@H]1C[C@@H]2CN(Cc2ccsc2)C1. The van der Waals surface area contributed by atoms with Crippen LogP contribution in [0.5, 0.6) is 0 Å². The van der Waals surface area contributed by atoms with E-state index in [-0.39, 0.29) is 5.56 Å². The summed E-state index contributed by atoms with van der Waals surface area (Å²) in [5.41, 5.74) is 4.53. The number of piperidine rings is 1. The van der Waals surface area contributed by atoms with E-state index >= 15 is 0 Å². The first-order valence-electron chi connectivity index (χ1n) is 10.2. The zero-order chi connectivity index (χ0) is 19.8. The molecule has 6 nitrogen and oxygen atoms in total. The molecule has 2 bridgehead atoms. The normalized spacial score (nSPS) is 21.4. The van der Waals surface area contributed by atoms with Crippen molar-refractivity contribution in [3.05, 3.63) is 74.2 Å². The molecular formula is C22H26N4O2S. The lowest BCUT2D eigenvalue weighted by Gasteiger charge is -2.43. The van der Waals surface area contributed by atoms with Gasteiger partial charge in [-0.25, -0.2) is 0 Å². The Labute approximate surface area is 174 Å². The Morgan fingerprint density at radius 2 is 2.14 bits per heavy atom. The largest absolute Gasteiger partial charge is 0.364 e. The van der Waals surface area contributed by atoms with E-state index in [9.17, 15) is 4.79 Å². The molecule has 0 spiro atoms. The molecular weight excluding hydrogens is 384 g/mol. The summed E-state index contributed by atoms with van der Waals surface area (Å²) in [5, 5.41) is 8.35. The van der Waals surface area contributed by atoms with E-state index in [1.165, 1.54) is 17.7 Å². The first-order chi connectivity index (χ1) is 14.2. The lowest BCUT2D eigenvalue weighted by atomic mass is 9.83. The molecule has 1 saturated heterocycles. The Balaban J connectivity index is 1.32. The van der Waals surface area contributed by atoms with Crippen molar-refractivity contribution in [3.8, 4) is 0 Å². The van der Waals surface area contributed by atoms with Crippen molar-refractivity contribution in [2.45, 2.75) is 38.5 Å². The van der Waals surface area contributed by atoms with Crippen LogP contribution < -0.4 is 5.56 Å². The van der Waals surface area contributed by atoms with Crippen LogP contribution in [0, 0.1) is 5.92 Å². The van der Waals surface area contributed by atoms with Crippen LogP contribution in [0.4, 0.5) is 0 Å². The number of hydrogen-bond donors (Lipinski definition) is 0. The average molecular weight is 411 g/mol. The Kier molecular flexibility index (Phi) is 5.11. The van der Waals surface area contributed by atoms with Crippen molar-refractivity contribution >= 4 is 11.3 Å². The second-order valence-corrected chi connectivity index (χ2v) is 9.27. The molecule has 5 rings (SSSR count). The predicted octanol–water partition coefficient (Wildman–Crippen LogP) is 3.15. The van der Waals surface area contributed by atoms with Gasteiger partial charge in [0.1, 0.15) is 6.26 Å². The first kappa shape index (κ1) is 18.8. The monoisotopic (exact) mass is 410 g/mol. The van der Waals surface area contributed by atoms with Crippen LogP contribution in [0.25, 0.3) is 0 Å². The second kappa shape index (κ2) is 7.89. The third-order valence-electron chi connectivity index (χ3n) is 6.11. The van der Waals surface area contributed by atoms with Gasteiger partial charge < -0.3 is 9.09 Å². The van der Waals surface area contributed by atoms with E-state index in [1.807, 2.05) is 19.2 Å². The molecule has 0 aromatic carbocycles. The van der Waals surface area contributed by atoms with Gasteiger partial charge >= 0.3 is 0 Å². The van der Waals surface area contributed by atoms with Gasteiger partial charge in [0.2, 0.25) is 0 Å². The minimum atomic E-state index is 0.176. The van der Waals surface area contributed by atoms with Gasteiger partial charge in [-0.05, 0) is 47.8 Å². The molecule has 0 aliphatic carbocycles. The van der Waals surface area contributed by atoms with Gasteiger partial charge in [0, 0.05) is 62.5 Å². The van der Waals surface area contributed by atoms with Crippen molar-refractivity contribution in [1.82, 2.24) is 19.5 Å². The van der Waals surface area contributed by atoms with Crippen LogP contribution in [0.15, 0.2) is 50.6 Å². The summed E-state index contributed by atoms with van der Waals surface area (Å²) >= 11 is 1.76. The molecule has 2 atom stereocenters. The fourth-order valence-corrected chi connectivity index (χ4v) is 5.58. The third-order valence-corrected chi connectivity index (χ3v) is 6.84. The molecule has 152 valence electrons. The molecule has 0 radical (unpaired) electrons. The highest BCUT2D eigenvalue weighted by molar-refractivity contribution is 7.07. The maximum atomic E-state index is 13.2. The Bertz CT molecular complexity index is 1010. The minimum absolute atomic E-state index is 0.176. The second-order valence-electron chi connectivity index (χ2n) is 8.49. The molecule has 0 N–H and O–H groups in total. The summed E-state index contributed by atoms with van der Waals surface area (Å²) in [7, 11) is 2.01. The van der Waals surface area contributed by atoms with Gasteiger partial charge in [0.15, 0.2) is 0 Å². The molecule has 3 aromatic rings. The number of nitrogens with zero attached hydrogens (tertiary/aromatic N) is 4. The zero-order valence-electron chi connectivity index (χ0n) is 16.7. The zero-order valence-corrected chi connectivity index (χ0v) is 17.5. The molecule has 0 saturated carbocycles. The number of thiophene rings is 1. The maximum Gasteiger partial charge on any atom is 0.255 e. The molecule has 2 aliphatic heterocycles. The standard InChI is InChI=1S/C22H26N4O2S/c1-24(14-20-4-6-28-23-20)12-18-2-3-21-19-8-17(11-26(21)22(18)27)10-25(13-19)9-16-5-7-29-15-16/h2-7,15,17,19H,8-14H2,1H3/t17-,19+/m0/s1. The van der Waals surface area contributed by atoms with Gasteiger partial charge in [-0.3, -0.25) is 14.6 Å². The van der Waals surface area contributed by atoms with E-state index < -0.39 is 0 Å². The summed E-state index contributed by atoms with van der Waals surface area (Å²) in [5.74, 6) is 1.01. The summed E-state index contributed by atoms with van der Waals surface area (Å²) in [4.78, 5) is 17.9. The average Bonchev–Trinajstić information content (AvgIpc) is 3.39. The van der Waals surface area contributed by atoms with Gasteiger partial charge in [0.05, 0.1) is 5.69 Å². The molecule has 3 aromatic heterocycles. The fraction of sp³-hybridized carbons (Fsp3) is 0.455. The molecule has 1 fully saturated rings. The number of likely N-dealkylation sites (tertiary alicyclic amines) is 1. The molecule has 0 amide bonds. The molecule has 5 heterocycles. The molecule has 2 aliphatic rings. The maximum absolute atomic E-state index is 13.2. The smallest absolute Gasteiger partial charge is 0.255 e. The summed E-state index contributed by atoms with van der Waals surface area (Å²) in [6.45, 7) is 5.26. The number of rotatable bonds is 6. The third kappa shape index (κ3) is 3.95. The van der Waals surface area contributed by atoms with Crippen molar-refractivity contribution < 1.29 is 4.52 Å². The van der Waals surface area contributed by atoms with Crippen molar-refractivity contribution in [3.63, 3.8) is 0 Å². The summed E-state index contributed by atoms with van der Waals surface area (Å²) in [6.07, 6.45) is 2.78. The van der Waals surface area contributed by atoms with E-state index in [0.29, 0.717) is 24.9 Å². The highest BCUT2D eigenvalue weighted by Crippen LogP contribution is 2.35. The van der Waals surface area contributed by atoms with E-state index in [2.05, 4.69) is 42.4 Å². The van der Waals surface area contributed by atoms with Crippen molar-refractivity contribution in [2.75, 3.05) is 20.1 Å². The van der Waals surface area contributed by atoms with E-state index in [1.54, 1.807) is 17.6 Å². The fourth-order valence-electron chi connectivity index (χ4n) is 4.92. The van der Waals surface area contributed by atoms with E-state index in [4.69, 9.17) is 4.52 Å². The Morgan fingerprint density at radius 3 is 2.93 bits per heavy atom. The first-order valence-corrected chi connectivity index (χ1v) is 11.1. The summed E-state index contributed by atoms with van der Waals surface area (Å²) < 4.78 is 6.96. The van der Waals surface area contributed by atoms with Crippen LogP contribution in [-0.4, -0.2) is 39.7 Å². The summed E-state index contributed by atoms with van der Waals surface area (Å²) in [6, 6.07) is 8.30. The topological polar surface area (TPSA) is 54.5 Å². The van der Waals surface area contributed by atoms with Crippen molar-refractivity contribution in [2.24, 2.45) is 5.92 Å². The minimum Gasteiger partial charge on any atom is -0.364 e. The van der Waals surface area contributed by atoms with Gasteiger partial charge in [-0.15, -0.1) is 0 Å². The molecule has 29 heavy (non-hydrogen) atoms. The van der Waals surface area contributed by atoms with Gasteiger partial charge in [0.25, 0.3) is 5.56 Å². The number of hydrogen-bond acceptors (Lipinski definition) is 6. The van der Waals surface area contributed by atoms with Crippen molar-refractivity contribution in [1.29, 1.82) is 0 Å². The van der Waals surface area contributed by atoms with Crippen LogP contribution in [0.2, 0.25) is 0 Å². The number of fused-ring (bicyclic) bond motifs is 4. The predicted molar refractivity (Wildman–Crippen MR) is 113 cm³/mol. The quantitative estimate of drug-likeness (QED) is 0.625. The lowest BCUT2D eigenvalue weighted by molar-refractivity contribution is 0.114. The lowest BCUT2D eigenvalue weighted by Crippen LogP contribution is -2.47. The Hall–Kier alpha value is -2.22. The van der Waals surface area contributed by atoms with Crippen LogP contribution >= 0.6 is 11.3 Å². The highest BCUT2D eigenvalue weighted by atomic mass is 32.1. The van der Waals surface area contributed by atoms with Crippen LogP contribution in [-0.2, 0) is 26.2 Å². The molecule has 7 heteroatoms. The number of pyridine rings is 1. The highest BCUT2D eigenvalue weighted by Gasteiger charge is 2.34. The molecule has 0 unspecified atom stereocenters. The van der Waals surface area contributed by atoms with Crippen LogP contribution in [0.1, 0.15) is 34.9 Å². The van der Waals surface area contributed by atoms with Gasteiger partial charge in [-0.1, -0.05) is 11.2 Å².